The second kappa shape index (κ2) is 9.23. The summed E-state index contributed by atoms with van der Waals surface area (Å²) in [6, 6.07) is 10.5. The Bertz CT molecular complexity index is 1130. The van der Waals surface area contributed by atoms with Crippen molar-refractivity contribution in [1.82, 2.24) is 5.32 Å². The summed E-state index contributed by atoms with van der Waals surface area (Å²) in [5, 5.41) is 17.3. The van der Waals surface area contributed by atoms with Crippen molar-refractivity contribution in [2.75, 3.05) is 11.1 Å². The zero-order chi connectivity index (χ0) is 22.0. The Labute approximate surface area is 193 Å². The number of dihydropyridines is 1. The Kier molecular flexibility index (Phi) is 6.42. The Morgan fingerprint density at radius 2 is 2.06 bits per heavy atom. The van der Waals surface area contributed by atoms with Gasteiger partial charge in [-0.25, -0.2) is 0 Å². The molecule has 0 fully saturated rings. The van der Waals surface area contributed by atoms with Gasteiger partial charge in [-0.15, -0.1) is 0 Å². The molecule has 2 N–H and O–H groups in total. The van der Waals surface area contributed by atoms with Gasteiger partial charge >= 0.3 is 0 Å². The van der Waals surface area contributed by atoms with Crippen molar-refractivity contribution in [2.24, 2.45) is 0 Å². The fourth-order valence-electron chi connectivity index (χ4n) is 3.74. The standard InChI is InChI=1S/C22H17Cl2N3O3S/c23-12-7-13(24)9-14(8-12)26-19(29)11-31-22-15(10-25)20(18-5-2-6-30-18)21-16(27-22)3-1-4-17(21)28/h2,5-9,20,27H,1,3-4,11H2,(H,26,29)/t20-/m1/s1. The van der Waals surface area contributed by atoms with E-state index in [0.717, 1.165) is 12.1 Å². The van der Waals surface area contributed by atoms with Crippen LogP contribution in [0.3, 0.4) is 0 Å². The van der Waals surface area contributed by atoms with Gasteiger partial charge in [0.25, 0.3) is 0 Å². The van der Waals surface area contributed by atoms with E-state index in [1.807, 2.05) is 0 Å². The Morgan fingerprint density at radius 3 is 2.74 bits per heavy atom. The van der Waals surface area contributed by atoms with E-state index in [9.17, 15) is 14.9 Å². The minimum atomic E-state index is -0.568. The first kappa shape index (κ1) is 21.6. The maximum atomic E-state index is 12.7. The zero-order valence-corrected chi connectivity index (χ0v) is 18.5. The lowest BCUT2D eigenvalue weighted by molar-refractivity contribution is -0.116. The van der Waals surface area contributed by atoms with Crippen LogP contribution in [0, 0.1) is 11.3 Å². The highest BCUT2D eigenvalue weighted by atomic mass is 35.5. The maximum Gasteiger partial charge on any atom is 0.234 e. The summed E-state index contributed by atoms with van der Waals surface area (Å²) in [5.74, 6) is -0.233. The zero-order valence-electron chi connectivity index (χ0n) is 16.2. The number of furan rings is 1. The molecule has 31 heavy (non-hydrogen) atoms. The highest BCUT2D eigenvalue weighted by Gasteiger charge is 2.38. The molecule has 1 aliphatic carbocycles. The second-order valence-corrected chi connectivity index (χ2v) is 8.95. The fourth-order valence-corrected chi connectivity index (χ4v) is 5.13. The van der Waals surface area contributed by atoms with Gasteiger partial charge < -0.3 is 15.1 Å². The van der Waals surface area contributed by atoms with Gasteiger partial charge in [-0.1, -0.05) is 35.0 Å². The monoisotopic (exact) mass is 473 g/mol. The highest BCUT2D eigenvalue weighted by Crippen LogP contribution is 2.44. The van der Waals surface area contributed by atoms with Crippen LogP contribution in [-0.2, 0) is 9.59 Å². The number of amides is 1. The van der Waals surface area contributed by atoms with E-state index in [2.05, 4.69) is 16.7 Å². The first-order valence-electron chi connectivity index (χ1n) is 9.56. The largest absolute Gasteiger partial charge is 0.468 e. The van der Waals surface area contributed by atoms with Gasteiger partial charge in [-0.05, 0) is 43.2 Å². The van der Waals surface area contributed by atoms with Crippen LogP contribution in [-0.4, -0.2) is 17.4 Å². The first-order valence-corrected chi connectivity index (χ1v) is 11.3. The lowest BCUT2D eigenvalue weighted by atomic mass is 9.79. The molecule has 1 aromatic carbocycles. The molecule has 2 aromatic rings. The number of Topliss-reactive ketones (excluding diaryl/α,β-unsaturated/α-hetero) is 1. The van der Waals surface area contributed by atoms with Crippen molar-refractivity contribution in [3.05, 3.63) is 74.3 Å². The first-order chi connectivity index (χ1) is 15.0. The molecule has 0 saturated carbocycles. The smallest absolute Gasteiger partial charge is 0.234 e. The SMILES string of the molecule is N#CC1=C(SCC(=O)Nc2cc(Cl)cc(Cl)c2)NC2=C(C(=O)CCC2)[C@H]1c1ccco1. The molecule has 0 unspecified atom stereocenters. The van der Waals surface area contributed by atoms with E-state index in [1.165, 1.54) is 18.0 Å². The molecular formula is C22H17Cl2N3O3S. The van der Waals surface area contributed by atoms with Gasteiger partial charge in [0.15, 0.2) is 5.78 Å². The number of carbonyl (C=O) groups excluding carboxylic acids is 2. The van der Waals surface area contributed by atoms with Gasteiger partial charge in [0.1, 0.15) is 5.76 Å². The normalized spacial score (nSPS) is 18.4. The number of benzene rings is 1. The number of nitrogens with zero attached hydrogens (tertiary/aromatic N) is 1. The maximum absolute atomic E-state index is 12.7. The van der Waals surface area contributed by atoms with Crippen LogP contribution >= 0.6 is 35.0 Å². The number of thioether (sulfide) groups is 1. The Balaban J connectivity index is 1.57. The molecule has 2 heterocycles. The summed E-state index contributed by atoms with van der Waals surface area (Å²) in [6.45, 7) is 0. The molecule has 4 rings (SSSR count). The van der Waals surface area contributed by atoms with Gasteiger partial charge in [-0.3, -0.25) is 9.59 Å². The molecule has 1 aromatic heterocycles. The summed E-state index contributed by atoms with van der Waals surface area (Å²) in [4.78, 5) is 25.1. The van der Waals surface area contributed by atoms with Crippen LogP contribution in [0.15, 0.2) is 62.9 Å². The van der Waals surface area contributed by atoms with Crippen LogP contribution in [0.2, 0.25) is 10.0 Å². The number of ketones is 1. The third-order valence-electron chi connectivity index (χ3n) is 4.98. The minimum Gasteiger partial charge on any atom is -0.468 e. The molecule has 6 nitrogen and oxygen atoms in total. The van der Waals surface area contributed by atoms with Gasteiger partial charge in [0.05, 0.1) is 34.6 Å². The predicted octanol–water partition coefficient (Wildman–Crippen LogP) is 5.39. The molecular weight excluding hydrogens is 457 g/mol. The molecule has 2 aliphatic rings. The van der Waals surface area contributed by atoms with Crippen molar-refractivity contribution in [1.29, 1.82) is 5.26 Å². The van der Waals surface area contributed by atoms with Crippen LogP contribution in [0.1, 0.15) is 30.9 Å². The third-order valence-corrected chi connectivity index (χ3v) is 6.44. The summed E-state index contributed by atoms with van der Waals surface area (Å²) in [7, 11) is 0. The lowest BCUT2D eigenvalue weighted by Crippen LogP contribution is -2.31. The fraction of sp³-hybridized carbons (Fsp3) is 0.227. The number of hydrogen-bond acceptors (Lipinski definition) is 6. The number of hydrogen-bond donors (Lipinski definition) is 2. The van der Waals surface area contributed by atoms with E-state index in [1.54, 1.807) is 30.3 Å². The number of rotatable bonds is 5. The number of allylic oxidation sites excluding steroid dienone is 3. The number of nitriles is 1. The molecule has 0 spiro atoms. The Hall–Kier alpha value is -2.66. The van der Waals surface area contributed by atoms with E-state index in [-0.39, 0.29) is 17.4 Å². The van der Waals surface area contributed by atoms with Crippen molar-refractivity contribution < 1.29 is 14.0 Å². The average molecular weight is 474 g/mol. The van der Waals surface area contributed by atoms with Crippen LogP contribution < -0.4 is 10.6 Å². The molecule has 0 radical (unpaired) electrons. The molecule has 1 atom stereocenters. The lowest BCUT2D eigenvalue weighted by Gasteiger charge is -2.32. The predicted molar refractivity (Wildman–Crippen MR) is 121 cm³/mol. The van der Waals surface area contributed by atoms with E-state index in [0.29, 0.717) is 50.5 Å². The highest BCUT2D eigenvalue weighted by molar-refractivity contribution is 8.03. The van der Waals surface area contributed by atoms with E-state index in [4.69, 9.17) is 27.6 Å². The minimum absolute atomic E-state index is 0.0162. The molecule has 1 amide bonds. The van der Waals surface area contributed by atoms with Gasteiger partial charge in [0.2, 0.25) is 5.91 Å². The van der Waals surface area contributed by atoms with Crippen molar-refractivity contribution in [3.8, 4) is 6.07 Å². The van der Waals surface area contributed by atoms with Crippen LogP contribution in [0.4, 0.5) is 5.69 Å². The van der Waals surface area contributed by atoms with Gasteiger partial charge in [-0.2, -0.15) is 5.26 Å². The molecule has 9 heteroatoms. The quantitative estimate of drug-likeness (QED) is 0.604. The summed E-state index contributed by atoms with van der Waals surface area (Å²) >= 11 is 13.2. The molecule has 158 valence electrons. The molecule has 0 bridgehead atoms. The summed E-state index contributed by atoms with van der Waals surface area (Å²) in [6.07, 6.45) is 3.42. The average Bonchev–Trinajstić information content (AvgIpc) is 3.25. The Morgan fingerprint density at radius 1 is 1.29 bits per heavy atom. The van der Waals surface area contributed by atoms with E-state index >= 15 is 0 Å². The third kappa shape index (κ3) is 4.67. The molecule has 0 saturated heterocycles. The van der Waals surface area contributed by atoms with Crippen LogP contribution in [0.25, 0.3) is 0 Å². The van der Waals surface area contributed by atoms with Crippen molar-refractivity contribution >= 4 is 52.3 Å². The summed E-state index contributed by atoms with van der Waals surface area (Å²) < 4.78 is 5.56. The molecule has 1 aliphatic heterocycles. The van der Waals surface area contributed by atoms with Crippen molar-refractivity contribution in [3.63, 3.8) is 0 Å². The number of anilines is 1. The van der Waals surface area contributed by atoms with Gasteiger partial charge in [0, 0.05) is 33.4 Å². The number of halogens is 2. The second-order valence-electron chi connectivity index (χ2n) is 7.09. The number of nitrogens with one attached hydrogen (secondary N) is 2. The van der Waals surface area contributed by atoms with Crippen molar-refractivity contribution in [2.45, 2.75) is 25.2 Å². The summed E-state index contributed by atoms with van der Waals surface area (Å²) in [5.41, 5.74) is 2.24. The van der Waals surface area contributed by atoms with Crippen LogP contribution in [0.5, 0.6) is 0 Å². The van der Waals surface area contributed by atoms with E-state index < -0.39 is 5.92 Å². The number of carbonyl (C=O) groups is 2. The topological polar surface area (TPSA) is 95.1 Å².